The van der Waals surface area contributed by atoms with Crippen LogP contribution < -0.4 is 10.9 Å². The number of carbonyl (C=O) groups is 1. The summed E-state index contributed by atoms with van der Waals surface area (Å²) in [5.41, 5.74) is -0.241. The van der Waals surface area contributed by atoms with Gasteiger partial charge in [0.2, 0.25) is 5.91 Å². The molecule has 0 aliphatic carbocycles. The molecule has 7 nitrogen and oxygen atoms in total. The van der Waals surface area contributed by atoms with Gasteiger partial charge in [0.05, 0.1) is 28.5 Å². The Morgan fingerprint density at radius 2 is 1.94 bits per heavy atom. The van der Waals surface area contributed by atoms with E-state index in [2.05, 4.69) is 15.4 Å². The van der Waals surface area contributed by atoms with Crippen LogP contribution in [-0.2, 0) is 4.79 Å². The van der Waals surface area contributed by atoms with Gasteiger partial charge in [-0.05, 0) is 38.1 Å². The van der Waals surface area contributed by atoms with Gasteiger partial charge in [-0.1, -0.05) is 23.9 Å². The fourth-order valence-corrected chi connectivity index (χ4v) is 4.02. The van der Waals surface area contributed by atoms with Crippen molar-refractivity contribution in [1.29, 1.82) is 0 Å². The number of carbonyl (C=O) groups excluding carboxylic acids is 1. The lowest BCUT2D eigenvalue weighted by Crippen LogP contribution is -2.24. The van der Waals surface area contributed by atoms with Crippen LogP contribution in [0.15, 0.2) is 64.7 Å². The molecule has 0 bridgehead atoms. The van der Waals surface area contributed by atoms with Gasteiger partial charge < -0.3 is 5.32 Å². The maximum Gasteiger partial charge on any atom is 0.266 e. The minimum atomic E-state index is -0.906. The number of nitrogens with zero attached hydrogens (tertiary/aromatic N) is 4. The first-order chi connectivity index (χ1) is 15.3. The highest BCUT2D eigenvalue weighted by Gasteiger charge is 2.18. The summed E-state index contributed by atoms with van der Waals surface area (Å²) in [7, 11) is 0. The van der Waals surface area contributed by atoms with Gasteiger partial charge in [-0.3, -0.25) is 14.2 Å². The smallest absolute Gasteiger partial charge is 0.266 e. The predicted octanol–water partition coefficient (Wildman–Crippen LogP) is 4.17. The molecule has 0 fully saturated rings. The fourth-order valence-electron chi connectivity index (χ4n) is 3.22. The van der Waals surface area contributed by atoms with E-state index in [0.29, 0.717) is 17.4 Å². The summed E-state index contributed by atoms with van der Waals surface area (Å²) in [6.45, 7) is 3.87. The molecular weight excluding hydrogens is 436 g/mol. The Kier molecular flexibility index (Phi) is 6.04. The van der Waals surface area contributed by atoms with Crippen molar-refractivity contribution in [3.8, 4) is 5.69 Å². The van der Waals surface area contributed by atoms with Crippen molar-refractivity contribution < 1.29 is 13.6 Å². The number of para-hydroxylation sites is 1. The largest absolute Gasteiger partial charge is 0.310 e. The molecule has 1 N–H and O–H groups in total. The second kappa shape index (κ2) is 8.91. The molecule has 32 heavy (non-hydrogen) atoms. The van der Waals surface area contributed by atoms with Crippen LogP contribution in [0, 0.1) is 11.6 Å². The van der Waals surface area contributed by atoms with E-state index in [1.54, 1.807) is 41.2 Å². The number of rotatable bonds is 6. The Hall–Kier alpha value is -3.53. The number of thioether (sulfide) groups is 1. The molecule has 164 valence electrons. The van der Waals surface area contributed by atoms with E-state index < -0.39 is 17.2 Å². The van der Waals surface area contributed by atoms with Gasteiger partial charge >= 0.3 is 0 Å². The van der Waals surface area contributed by atoms with Gasteiger partial charge in [-0.2, -0.15) is 5.10 Å². The van der Waals surface area contributed by atoms with Crippen LogP contribution in [0.5, 0.6) is 0 Å². The summed E-state index contributed by atoms with van der Waals surface area (Å²) >= 11 is 0.978. The van der Waals surface area contributed by atoms with Gasteiger partial charge in [-0.25, -0.2) is 18.4 Å². The Balaban J connectivity index is 1.69. The van der Waals surface area contributed by atoms with Gasteiger partial charge in [-0.15, -0.1) is 0 Å². The van der Waals surface area contributed by atoms with E-state index in [9.17, 15) is 18.4 Å². The zero-order chi connectivity index (χ0) is 22.8. The average molecular weight is 455 g/mol. The summed E-state index contributed by atoms with van der Waals surface area (Å²) in [4.78, 5) is 30.2. The molecule has 0 aliphatic heterocycles. The van der Waals surface area contributed by atoms with Gasteiger partial charge in [0.25, 0.3) is 5.56 Å². The van der Waals surface area contributed by atoms with E-state index in [1.807, 2.05) is 13.8 Å². The number of anilines is 1. The number of fused-ring (bicyclic) bond motifs is 1. The van der Waals surface area contributed by atoms with E-state index in [1.165, 1.54) is 6.07 Å². The first-order valence-electron chi connectivity index (χ1n) is 9.78. The number of aromatic nitrogens is 4. The standard InChI is InChI=1S/C22H19F2N5O2S/c1-13(2)29-19(9-10-25-29)27-20(30)12-32-22-26-17-6-4-3-5-15(17)21(31)28(22)18-8-7-14(23)11-16(18)24/h3-11,13H,12H2,1-2H3,(H,27,30). The van der Waals surface area contributed by atoms with E-state index in [4.69, 9.17) is 0 Å². The van der Waals surface area contributed by atoms with E-state index in [0.717, 1.165) is 22.4 Å². The number of nitrogens with one attached hydrogen (secondary N) is 1. The normalized spacial score (nSPS) is 11.3. The number of hydrogen-bond donors (Lipinski definition) is 1. The molecule has 0 unspecified atom stereocenters. The molecule has 1 amide bonds. The number of amides is 1. The Morgan fingerprint density at radius 1 is 1.16 bits per heavy atom. The average Bonchev–Trinajstić information content (AvgIpc) is 3.22. The summed E-state index contributed by atoms with van der Waals surface area (Å²) < 4.78 is 30.7. The summed E-state index contributed by atoms with van der Waals surface area (Å²) in [6, 6.07) is 11.3. The highest BCUT2D eigenvalue weighted by molar-refractivity contribution is 7.99. The summed E-state index contributed by atoms with van der Waals surface area (Å²) in [6.07, 6.45) is 1.59. The number of hydrogen-bond acceptors (Lipinski definition) is 5. The molecule has 2 heterocycles. The van der Waals surface area contributed by atoms with Gasteiger partial charge in [0.15, 0.2) is 5.16 Å². The molecule has 4 aromatic rings. The minimum Gasteiger partial charge on any atom is -0.310 e. The SMILES string of the molecule is CC(C)n1nccc1NC(=O)CSc1nc2ccccc2c(=O)n1-c1ccc(F)cc1F. The highest BCUT2D eigenvalue weighted by Crippen LogP contribution is 2.24. The molecule has 0 spiro atoms. The first kappa shape index (κ1) is 21.7. The van der Waals surface area contributed by atoms with E-state index in [-0.39, 0.29) is 33.9 Å². The second-order valence-corrected chi connectivity index (χ2v) is 8.18. The molecule has 10 heteroatoms. The maximum atomic E-state index is 14.5. The predicted molar refractivity (Wildman–Crippen MR) is 119 cm³/mol. The Morgan fingerprint density at radius 3 is 2.69 bits per heavy atom. The summed E-state index contributed by atoms with van der Waals surface area (Å²) in [5.74, 6) is -1.55. The van der Waals surface area contributed by atoms with Crippen LogP contribution in [-0.4, -0.2) is 31.0 Å². The van der Waals surface area contributed by atoms with E-state index >= 15 is 0 Å². The van der Waals surface area contributed by atoms with Crippen LogP contribution in [0.25, 0.3) is 16.6 Å². The second-order valence-electron chi connectivity index (χ2n) is 7.24. The quantitative estimate of drug-likeness (QED) is 0.349. The van der Waals surface area contributed by atoms with Crippen LogP contribution >= 0.6 is 11.8 Å². The highest BCUT2D eigenvalue weighted by atomic mass is 32.2. The van der Waals surface area contributed by atoms with Crippen LogP contribution in [0.3, 0.4) is 0 Å². The third-order valence-corrected chi connectivity index (χ3v) is 5.59. The Labute approximate surface area is 186 Å². The van der Waals surface area contributed by atoms with Crippen molar-refractivity contribution in [3.63, 3.8) is 0 Å². The van der Waals surface area contributed by atoms with Crippen molar-refractivity contribution in [1.82, 2.24) is 19.3 Å². The van der Waals surface area contributed by atoms with Crippen molar-refractivity contribution in [2.75, 3.05) is 11.1 Å². The number of benzene rings is 2. The molecule has 0 aliphatic rings. The summed E-state index contributed by atoms with van der Waals surface area (Å²) in [5, 5.41) is 7.34. The van der Waals surface area contributed by atoms with Gasteiger partial charge in [0.1, 0.15) is 17.5 Å². The minimum absolute atomic E-state index is 0.0572. The lowest BCUT2D eigenvalue weighted by atomic mass is 10.2. The number of halogens is 2. The zero-order valence-corrected chi connectivity index (χ0v) is 18.1. The molecule has 0 saturated heterocycles. The third-order valence-electron chi connectivity index (χ3n) is 4.65. The lowest BCUT2D eigenvalue weighted by Gasteiger charge is -2.14. The van der Waals surface area contributed by atoms with Crippen molar-refractivity contribution in [2.24, 2.45) is 0 Å². The zero-order valence-electron chi connectivity index (χ0n) is 17.3. The molecule has 0 saturated carbocycles. The molecule has 2 aromatic heterocycles. The molecule has 4 rings (SSSR count). The third kappa shape index (κ3) is 4.26. The molecular formula is C22H19F2N5O2S. The lowest BCUT2D eigenvalue weighted by molar-refractivity contribution is -0.113. The molecule has 0 atom stereocenters. The van der Waals surface area contributed by atoms with Crippen LogP contribution in [0.1, 0.15) is 19.9 Å². The Bertz CT molecular complexity index is 1370. The molecule has 0 radical (unpaired) electrons. The monoisotopic (exact) mass is 455 g/mol. The topological polar surface area (TPSA) is 81.8 Å². The van der Waals surface area contributed by atoms with Crippen molar-refractivity contribution in [3.05, 3.63) is 76.7 Å². The van der Waals surface area contributed by atoms with Crippen molar-refractivity contribution in [2.45, 2.75) is 25.0 Å². The van der Waals surface area contributed by atoms with Gasteiger partial charge in [0, 0.05) is 18.2 Å². The van der Waals surface area contributed by atoms with Crippen molar-refractivity contribution >= 4 is 34.4 Å². The van der Waals surface area contributed by atoms with Crippen LogP contribution in [0.2, 0.25) is 0 Å². The molecule has 2 aromatic carbocycles. The maximum absolute atomic E-state index is 14.5. The first-order valence-corrected chi connectivity index (χ1v) is 10.8. The fraction of sp³-hybridized carbons (Fsp3) is 0.182. The van der Waals surface area contributed by atoms with Crippen LogP contribution in [0.4, 0.5) is 14.6 Å².